The molecule has 2 fully saturated rings. The molecular weight excluding hydrogens is 780 g/mol. The van der Waals surface area contributed by atoms with Crippen molar-refractivity contribution in [2.24, 2.45) is 0 Å². The van der Waals surface area contributed by atoms with Crippen LogP contribution in [0.4, 0.5) is 11.4 Å². The van der Waals surface area contributed by atoms with E-state index in [0.717, 1.165) is 85.6 Å². The van der Waals surface area contributed by atoms with Crippen molar-refractivity contribution >= 4 is 55.7 Å². The predicted molar refractivity (Wildman–Crippen MR) is 237 cm³/mol. The maximum Gasteiger partial charge on any atom is 0.255 e. The normalized spacial score (nSPS) is 16.6. The third-order valence-corrected chi connectivity index (χ3v) is 12.6. The highest BCUT2D eigenvalue weighted by Gasteiger charge is 2.33. The molecule has 3 aromatic carbocycles. The first-order chi connectivity index (χ1) is 29.2. The number of imide groups is 1. The third-order valence-electron chi connectivity index (χ3n) is 11.1. The van der Waals surface area contributed by atoms with Gasteiger partial charge in [0.1, 0.15) is 11.8 Å². The molecule has 5 N–H and O–H groups in total. The predicted octanol–water partition coefficient (Wildman–Crippen LogP) is 6.52. The number of rotatable bonds is 25. The van der Waals surface area contributed by atoms with Crippen molar-refractivity contribution in [1.29, 1.82) is 0 Å². The van der Waals surface area contributed by atoms with Crippen molar-refractivity contribution < 1.29 is 33.9 Å². The number of phenols is 1. The van der Waals surface area contributed by atoms with Gasteiger partial charge < -0.3 is 30.9 Å². The Kier molecular flexibility index (Phi) is 18.1. The number of unbranched alkanes of at least 4 members (excludes halogenated alkanes) is 8. The van der Waals surface area contributed by atoms with Gasteiger partial charge in [0.05, 0.1) is 22.5 Å². The fraction of sp³-hybridized carbons (Fsp3) is 0.435. The molecule has 0 spiro atoms. The molecule has 2 aliphatic heterocycles. The standard InChI is InChI=1S/C46H59N6O7P/c1-51(39-23-24-43(57)50-45(39)58)46(59)35-15-13-16-38(37(35)31-53)48-27-12-8-6-4-2-3-5-7-9-18-42(56)49-29-25-33-19-21-34(22-20-33)52-32-60-44(52)30-47-28-26-41(55)36-14-10-11-17-40(36)54/h10-11,13-17,19-22,26,28,31,39,44,47-48,54,60H,2-9,12,18,23-25,27,29-30,32H2,1H3,(H,49,56)(H,50,57,58)/b28-26+/t39?,44-/m0/s1. The van der Waals surface area contributed by atoms with Crippen LogP contribution >= 0.6 is 8.58 Å². The number of carbonyl (C=O) groups excluding carboxylic acids is 6. The minimum absolute atomic E-state index is 0.0204. The first-order valence-electron chi connectivity index (χ1n) is 21.2. The fourth-order valence-corrected chi connectivity index (χ4v) is 8.64. The quantitative estimate of drug-likeness (QED) is 0.0158. The van der Waals surface area contributed by atoms with Crippen LogP contribution in [0.1, 0.15) is 114 Å². The second-order valence-electron chi connectivity index (χ2n) is 15.4. The zero-order valence-corrected chi connectivity index (χ0v) is 35.5. The number of aromatic hydroxyl groups is 1. The minimum atomic E-state index is -0.762. The van der Waals surface area contributed by atoms with Crippen LogP contribution in [0.2, 0.25) is 0 Å². The van der Waals surface area contributed by atoms with Crippen molar-refractivity contribution in [3.63, 3.8) is 0 Å². The van der Waals surface area contributed by atoms with Crippen LogP contribution < -0.4 is 26.2 Å². The topological polar surface area (TPSA) is 177 Å². The van der Waals surface area contributed by atoms with E-state index in [1.807, 2.05) is 0 Å². The second-order valence-corrected chi connectivity index (χ2v) is 16.8. The lowest BCUT2D eigenvalue weighted by Crippen LogP contribution is -2.53. The third kappa shape index (κ3) is 13.5. The first-order valence-corrected chi connectivity index (χ1v) is 22.5. The summed E-state index contributed by atoms with van der Waals surface area (Å²) < 4.78 is 0. The Labute approximate surface area is 354 Å². The van der Waals surface area contributed by atoms with E-state index in [-0.39, 0.29) is 52.9 Å². The molecule has 3 aromatic rings. The zero-order valence-electron chi connectivity index (χ0n) is 34.5. The molecule has 3 atom stereocenters. The molecule has 0 saturated carbocycles. The van der Waals surface area contributed by atoms with Crippen LogP contribution in [-0.4, -0.2) is 90.5 Å². The summed E-state index contributed by atoms with van der Waals surface area (Å²) in [5.74, 6) is -1.09. The van der Waals surface area contributed by atoms with Gasteiger partial charge >= 0.3 is 0 Å². The second kappa shape index (κ2) is 23.9. The number of aldehydes is 1. The Bertz CT molecular complexity index is 1970. The van der Waals surface area contributed by atoms with E-state index in [9.17, 15) is 33.9 Å². The van der Waals surface area contributed by atoms with Crippen LogP contribution in [0.3, 0.4) is 0 Å². The number of nitrogens with zero attached hydrogens (tertiary/aromatic N) is 2. The van der Waals surface area contributed by atoms with Gasteiger partial charge in [0.2, 0.25) is 17.7 Å². The molecular formula is C46H59N6O7P. The monoisotopic (exact) mass is 838 g/mol. The molecule has 0 bridgehead atoms. The van der Waals surface area contributed by atoms with Gasteiger partial charge in [-0.1, -0.05) is 83.9 Å². The lowest BCUT2D eigenvalue weighted by molar-refractivity contribution is -0.136. The lowest BCUT2D eigenvalue weighted by atomic mass is 10.0. The molecule has 2 saturated heterocycles. The highest BCUT2D eigenvalue weighted by Crippen LogP contribution is 2.39. The summed E-state index contributed by atoms with van der Waals surface area (Å²) in [6.45, 7) is 2.01. The van der Waals surface area contributed by atoms with Gasteiger partial charge in [-0.3, -0.25) is 34.1 Å². The number of para-hydroxylation sites is 1. The van der Waals surface area contributed by atoms with Crippen molar-refractivity contribution in [2.45, 2.75) is 95.3 Å². The van der Waals surface area contributed by atoms with Crippen LogP contribution in [0.5, 0.6) is 5.75 Å². The van der Waals surface area contributed by atoms with Crippen LogP contribution in [0.25, 0.3) is 0 Å². The number of anilines is 2. The molecule has 2 heterocycles. The molecule has 14 heteroatoms. The van der Waals surface area contributed by atoms with Gasteiger partial charge in [-0.05, 0) is 67.6 Å². The maximum atomic E-state index is 13.2. The van der Waals surface area contributed by atoms with Gasteiger partial charge in [-0.15, -0.1) is 0 Å². The number of ketones is 1. The number of likely N-dealkylation sites (N-methyl/N-ethyl adjacent to an activating group) is 1. The summed E-state index contributed by atoms with van der Waals surface area (Å²) in [6, 6.07) is 19.4. The Hall–Kier alpha value is -5.55. The van der Waals surface area contributed by atoms with E-state index in [2.05, 4.69) is 50.4 Å². The smallest absolute Gasteiger partial charge is 0.255 e. The number of phenolic OH excluding ortho intramolecular Hbond substituents is 1. The van der Waals surface area contributed by atoms with Crippen LogP contribution in [0.15, 0.2) is 79.0 Å². The van der Waals surface area contributed by atoms with Gasteiger partial charge in [0.15, 0.2) is 12.1 Å². The van der Waals surface area contributed by atoms with Gasteiger partial charge in [0, 0.05) is 69.5 Å². The van der Waals surface area contributed by atoms with Crippen molar-refractivity contribution in [3.05, 3.63) is 101 Å². The van der Waals surface area contributed by atoms with Crippen molar-refractivity contribution in [2.75, 3.05) is 43.2 Å². The summed E-state index contributed by atoms with van der Waals surface area (Å²) in [5, 5.41) is 21.7. The van der Waals surface area contributed by atoms with Gasteiger partial charge in [-0.2, -0.15) is 0 Å². The number of hydrogen-bond donors (Lipinski definition) is 5. The average molecular weight is 839 g/mol. The number of carbonyl (C=O) groups is 6. The minimum Gasteiger partial charge on any atom is -0.507 e. The molecule has 5 rings (SSSR count). The van der Waals surface area contributed by atoms with E-state index in [4.69, 9.17) is 0 Å². The molecule has 2 unspecified atom stereocenters. The Morgan fingerprint density at radius 3 is 2.27 bits per heavy atom. The van der Waals surface area contributed by atoms with Crippen LogP contribution in [0, 0.1) is 0 Å². The van der Waals surface area contributed by atoms with E-state index in [0.29, 0.717) is 37.3 Å². The molecule has 0 radical (unpaired) electrons. The molecule has 320 valence electrons. The summed E-state index contributed by atoms with van der Waals surface area (Å²) in [5.41, 5.74) is 3.71. The highest BCUT2D eigenvalue weighted by molar-refractivity contribution is 7.41. The summed E-state index contributed by atoms with van der Waals surface area (Å²) in [7, 11) is 2.32. The maximum absolute atomic E-state index is 13.2. The van der Waals surface area contributed by atoms with E-state index < -0.39 is 17.9 Å². The van der Waals surface area contributed by atoms with E-state index in [1.54, 1.807) is 42.6 Å². The van der Waals surface area contributed by atoms with Crippen molar-refractivity contribution in [1.82, 2.24) is 20.9 Å². The highest BCUT2D eigenvalue weighted by atomic mass is 31.1. The number of benzene rings is 3. The molecule has 2 aliphatic rings. The first kappa shape index (κ1) is 45.5. The largest absolute Gasteiger partial charge is 0.507 e. The molecule has 0 aromatic heterocycles. The number of amides is 4. The van der Waals surface area contributed by atoms with Gasteiger partial charge in [-0.25, -0.2) is 0 Å². The average Bonchev–Trinajstić information content (AvgIpc) is 3.23. The Balaban J connectivity index is 0.855. The summed E-state index contributed by atoms with van der Waals surface area (Å²) in [6.07, 6.45) is 16.1. The SMILES string of the molecule is CN(C(=O)c1cccc(NCCCCCCCCCCCC(=O)NCCc2ccc(N3CP[C@H]3CN/C=C/C(=O)c3ccccc3O)cc2)c1C=O)C1CCC(=O)NC1=O. The lowest BCUT2D eigenvalue weighted by Gasteiger charge is -2.43. The number of piperidine rings is 1. The Morgan fingerprint density at radius 1 is 0.883 bits per heavy atom. The Morgan fingerprint density at radius 2 is 1.58 bits per heavy atom. The molecule has 4 amide bonds. The van der Waals surface area contributed by atoms with Crippen molar-refractivity contribution in [3.8, 4) is 5.75 Å². The summed E-state index contributed by atoms with van der Waals surface area (Å²) >= 11 is 0. The fourth-order valence-electron chi connectivity index (χ4n) is 7.43. The van der Waals surface area contributed by atoms with E-state index >= 15 is 0 Å². The van der Waals surface area contributed by atoms with Gasteiger partial charge in [0.25, 0.3) is 5.91 Å². The van der Waals surface area contributed by atoms with Crippen LogP contribution in [-0.2, 0) is 20.8 Å². The number of nitrogens with one attached hydrogen (secondary N) is 4. The molecule has 60 heavy (non-hydrogen) atoms. The number of hydrogen-bond acceptors (Lipinski definition) is 10. The summed E-state index contributed by atoms with van der Waals surface area (Å²) in [4.78, 5) is 77.4. The zero-order chi connectivity index (χ0) is 42.7. The molecule has 13 nitrogen and oxygen atoms in total. The van der Waals surface area contributed by atoms with E-state index in [1.165, 1.54) is 35.3 Å². The number of allylic oxidation sites excluding steroid dienone is 1. The molecule has 0 aliphatic carbocycles.